The first-order valence-electron chi connectivity index (χ1n) is 10.1. The van der Waals surface area contributed by atoms with E-state index in [2.05, 4.69) is 5.32 Å². The number of imide groups is 1. The third-order valence-electron chi connectivity index (χ3n) is 7.43. The zero-order valence-corrected chi connectivity index (χ0v) is 15.1. The highest BCUT2D eigenvalue weighted by atomic mass is 16.5. The Balaban J connectivity index is 1.16. The lowest BCUT2D eigenvalue weighted by Gasteiger charge is -2.39. The van der Waals surface area contributed by atoms with E-state index in [1.54, 1.807) is 0 Å². The van der Waals surface area contributed by atoms with E-state index in [0.29, 0.717) is 5.41 Å². The van der Waals surface area contributed by atoms with Crippen LogP contribution in [0.5, 0.6) is 0 Å². The minimum absolute atomic E-state index is 0.0719. The zero-order valence-electron chi connectivity index (χ0n) is 15.1. The predicted molar refractivity (Wildman–Crippen MR) is 91.9 cm³/mol. The molecular weight excluding hydrogens is 334 g/mol. The number of hydrogen-bond donors (Lipinski definition) is 1. The molecule has 5 fully saturated rings. The fourth-order valence-electron chi connectivity index (χ4n) is 5.81. The van der Waals surface area contributed by atoms with Gasteiger partial charge in [0.25, 0.3) is 0 Å². The molecule has 5 saturated heterocycles. The topological polar surface area (TPSA) is 79.0 Å². The number of likely N-dealkylation sites (tertiary alicyclic amines) is 2. The van der Waals surface area contributed by atoms with E-state index in [9.17, 15) is 14.4 Å². The highest BCUT2D eigenvalue weighted by molar-refractivity contribution is 6.06. The number of carbonyl (C=O) groups is 3. The third-order valence-corrected chi connectivity index (χ3v) is 7.43. The molecule has 0 aromatic rings. The minimum atomic E-state index is -0.291. The van der Waals surface area contributed by atoms with E-state index < -0.39 is 0 Å². The minimum Gasteiger partial charge on any atom is -0.373 e. The van der Waals surface area contributed by atoms with Crippen LogP contribution in [0.3, 0.4) is 0 Å². The van der Waals surface area contributed by atoms with Gasteiger partial charge in [0.2, 0.25) is 17.7 Å². The molecule has 0 radical (unpaired) electrons. The van der Waals surface area contributed by atoms with Crippen LogP contribution in [0, 0.1) is 17.3 Å². The molecule has 0 aromatic heterocycles. The van der Waals surface area contributed by atoms with Gasteiger partial charge in [0, 0.05) is 32.6 Å². The van der Waals surface area contributed by atoms with Gasteiger partial charge in [-0.1, -0.05) is 0 Å². The summed E-state index contributed by atoms with van der Waals surface area (Å²) >= 11 is 0. The highest BCUT2D eigenvalue weighted by Crippen LogP contribution is 2.48. The van der Waals surface area contributed by atoms with E-state index >= 15 is 0 Å². The van der Waals surface area contributed by atoms with Crippen LogP contribution >= 0.6 is 0 Å². The SMILES string of the molecule is O=C(CCN1C(=O)C2C3CCC(O3)C2C1=O)N1CCC2(CCNC2)CC1. The van der Waals surface area contributed by atoms with Gasteiger partial charge >= 0.3 is 0 Å². The van der Waals surface area contributed by atoms with Crippen LogP contribution in [0.1, 0.15) is 38.5 Å². The summed E-state index contributed by atoms with van der Waals surface area (Å²) in [5.41, 5.74) is 0.383. The molecule has 5 aliphatic heterocycles. The van der Waals surface area contributed by atoms with Crippen LogP contribution in [-0.4, -0.2) is 72.5 Å². The van der Waals surface area contributed by atoms with Crippen molar-refractivity contribution in [2.24, 2.45) is 17.3 Å². The molecule has 1 N–H and O–H groups in total. The lowest BCUT2D eigenvalue weighted by molar-refractivity contribution is -0.143. The maximum atomic E-state index is 12.6. The number of nitrogens with zero attached hydrogens (tertiary/aromatic N) is 2. The summed E-state index contributed by atoms with van der Waals surface area (Å²) in [4.78, 5) is 41.1. The Labute approximate surface area is 153 Å². The molecule has 0 aromatic carbocycles. The van der Waals surface area contributed by atoms with Gasteiger partial charge in [-0.3, -0.25) is 19.3 Å². The van der Waals surface area contributed by atoms with E-state index in [0.717, 1.165) is 51.9 Å². The fourth-order valence-corrected chi connectivity index (χ4v) is 5.81. The molecule has 5 heterocycles. The maximum absolute atomic E-state index is 12.6. The van der Waals surface area contributed by atoms with E-state index in [4.69, 9.17) is 4.74 Å². The molecule has 7 heteroatoms. The maximum Gasteiger partial charge on any atom is 0.235 e. The Morgan fingerprint density at radius 3 is 2.31 bits per heavy atom. The van der Waals surface area contributed by atoms with E-state index in [1.807, 2.05) is 4.90 Å². The molecule has 142 valence electrons. The molecule has 5 aliphatic rings. The van der Waals surface area contributed by atoms with Gasteiger partial charge in [0.05, 0.1) is 24.0 Å². The van der Waals surface area contributed by atoms with E-state index in [1.165, 1.54) is 11.3 Å². The molecule has 0 aliphatic carbocycles. The molecule has 4 atom stereocenters. The monoisotopic (exact) mass is 361 g/mol. The smallest absolute Gasteiger partial charge is 0.235 e. The number of ether oxygens (including phenoxy) is 1. The first-order chi connectivity index (χ1) is 12.6. The zero-order chi connectivity index (χ0) is 17.9. The number of piperidine rings is 1. The second-order valence-corrected chi connectivity index (χ2v) is 8.73. The standard InChI is InChI=1S/C19H27N3O4/c23-14(21-9-5-19(6-10-21)4-7-20-11-19)3-8-22-17(24)15-12-1-2-13(26-12)16(15)18(22)25/h12-13,15-16,20H,1-11H2. The largest absolute Gasteiger partial charge is 0.373 e. The lowest BCUT2D eigenvalue weighted by atomic mass is 9.78. The van der Waals surface area contributed by atoms with Crippen LogP contribution in [0.4, 0.5) is 0 Å². The highest BCUT2D eigenvalue weighted by Gasteiger charge is 2.62. The molecule has 4 unspecified atom stereocenters. The average Bonchev–Trinajstić information content (AvgIpc) is 3.40. The van der Waals surface area contributed by atoms with E-state index in [-0.39, 0.29) is 54.7 Å². The van der Waals surface area contributed by atoms with Gasteiger partial charge in [0.1, 0.15) is 0 Å². The van der Waals surface area contributed by atoms with Gasteiger partial charge in [-0.25, -0.2) is 0 Å². The molecular formula is C19H27N3O4. The lowest BCUT2D eigenvalue weighted by Crippen LogP contribution is -2.45. The fraction of sp³-hybridized carbons (Fsp3) is 0.842. The summed E-state index contributed by atoms with van der Waals surface area (Å²) in [7, 11) is 0. The van der Waals surface area contributed by atoms with Crippen molar-refractivity contribution in [2.45, 2.75) is 50.7 Å². The van der Waals surface area contributed by atoms with Crippen molar-refractivity contribution in [1.82, 2.24) is 15.1 Å². The van der Waals surface area contributed by atoms with Gasteiger partial charge in [0.15, 0.2) is 0 Å². The molecule has 1 spiro atoms. The first-order valence-corrected chi connectivity index (χ1v) is 10.1. The van der Waals surface area contributed by atoms with Crippen LogP contribution < -0.4 is 5.32 Å². The Hall–Kier alpha value is -1.47. The summed E-state index contributed by atoms with van der Waals surface area (Å²) < 4.78 is 5.75. The van der Waals surface area contributed by atoms with Gasteiger partial charge < -0.3 is 15.0 Å². The summed E-state index contributed by atoms with van der Waals surface area (Å²) in [6.45, 7) is 3.98. The molecule has 7 nitrogen and oxygen atoms in total. The Morgan fingerprint density at radius 2 is 1.73 bits per heavy atom. The van der Waals surface area contributed by atoms with Crippen molar-refractivity contribution in [1.29, 1.82) is 0 Å². The number of fused-ring (bicyclic) bond motifs is 5. The van der Waals surface area contributed by atoms with Crippen molar-refractivity contribution in [3.05, 3.63) is 0 Å². The Kier molecular flexibility index (Phi) is 3.87. The van der Waals surface area contributed by atoms with Gasteiger partial charge in [-0.15, -0.1) is 0 Å². The van der Waals surface area contributed by atoms with Crippen molar-refractivity contribution >= 4 is 17.7 Å². The Morgan fingerprint density at radius 1 is 1.08 bits per heavy atom. The molecule has 26 heavy (non-hydrogen) atoms. The second kappa shape index (κ2) is 6.02. The number of nitrogens with one attached hydrogen (secondary N) is 1. The van der Waals surface area contributed by atoms with Crippen molar-refractivity contribution in [2.75, 3.05) is 32.7 Å². The first kappa shape index (κ1) is 16.7. The number of carbonyl (C=O) groups excluding carboxylic acids is 3. The quantitative estimate of drug-likeness (QED) is 0.724. The van der Waals surface area contributed by atoms with Crippen LogP contribution in [0.2, 0.25) is 0 Å². The summed E-state index contributed by atoms with van der Waals surface area (Å²) in [5.74, 6) is -0.742. The van der Waals surface area contributed by atoms with Crippen LogP contribution in [0.25, 0.3) is 0 Å². The predicted octanol–water partition coefficient (Wildman–Crippen LogP) is 0.141. The molecule has 2 bridgehead atoms. The summed E-state index contributed by atoms with van der Waals surface area (Å²) in [5, 5.41) is 3.43. The van der Waals surface area contributed by atoms with Crippen molar-refractivity contribution in [3.8, 4) is 0 Å². The van der Waals surface area contributed by atoms with Gasteiger partial charge in [-0.2, -0.15) is 0 Å². The Bertz CT molecular complexity index is 607. The molecule has 0 saturated carbocycles. The average molecular weight is 361 g/mol. The second-order valence-electron chi connectivity index (χ2n) is 8.73. The molecule has 5 rings (SSSR count). The summed E-state index contributed by atoms with van der Waals surface area (Å²) in [6.07, 6.45) is 5.15. The number of rotatable bonds is 3. The van der Waals surface area contributed by atoms with Gasteiger partial charge in [-0.05, 0) is 44.1 Å². The normalized spacial score (nSPS) is 37.8. The number of amides is 3. The summed E-state index contributed by atoms with van der Waals surface area (Å²) in [6, 6.07) is 0. The number of hydrogen-bond acceptors (Lipinski definition) is 5. The van der Waals surface area contributed by atoms with Crippen molar-refractivity contribution in [3.63, 3.8) is 0 Å². The van der Waals surface area contributed by atoms with Crippen LogP contribution in [0.15, 0.2) is 0 Å². The molecule has 3 amide bonds. The third kappa shape index (κ3) is 2.43. The van der Waals surface area contributed by atoms with Crippen LogP contribution in [-0.2, 0) is 19.1 Å². The van der Waals surface area contributed by atoms with Crippen molar-refractivity contribution < 1.29 is 19.1 Å².